The Labute approximate surface area is 190 Å². The number of hydrogen-bond donors (Lipinski definition) is 0. The molecule has 0 radical (unpaired) electrons. The quantitative estimate of drug-likeness (QED) is 0.0779. The van der Waals surface area contributed by atoms with Gasteiger partial charge in [0.15, 0.2) is 0 Å². The van der Waals surface area contributed by atoms with E-state index in [-0.39, 0.29) is 0 Å². The maximum absolute atomic E-state index is 12.1. The average Bonchev–Trinajstić information content (AvgIpc) is 2.68. The highest BCUT2D eigenvalue weighted by Gasteiger charge is 2.53. The highest BCUT2D eigenvalue weighted by Crippen LogP contribution is 2.45. The summed E-state index contributed by atoms with van der Waals surface area (Å²) < 4.78 is 12.6. The van der Waals surface area contributed by atoms with E-state index in [2.05, 4.69) is 26.0 Å². The van der Waals surface area contributed by atoms with Crippen molar-refractivity contribution in [3.63, 3.8) is 0 Å². The van der Waals surface area contributed by atoms with Crippen molar-refractivity contribution in [2.45, 2.75) is 135 Å². The van der Waals surface area contributed by atoms with E-state index in [1.54, 1.807) is 0 Å². The summed E-state index contributed by atoms with van der Waals surface area (Å²) in [6, 6.07) is 0. The molecular formula is C26H53NO2P+. The third kappa shape index (κ3) is 13.2. The van der Waals surface area contributed by atoms with Crippen LogP contribution in [0.3, 0.4) is 0 Å². The topological polar surface area (TPSA) is 40.1 Å². The summed E-state index contributed by atoms with van der Waals surface area (Å²) >= 11 is 0. The molecule has 0 aliphatic carbocycles. The molecule has 0 saturated heterocycles. The zero-order chi connectivity index (χ0) is 22.7. The first-order valence-electron chi connectivity index (χ1n) is 12.9. The SMILES string of the molecule is CCCCCCC=CCCCCCCCCCCCC(CCC)([P+](=O)[O-])[N+](C)(C)C. The second kappa shape index (κ2) is 18.3. The zero-order valence-corrected chi connectivity index (χ0v) is 22.0. The molecule has 0 rings (SSSR count). The summed E-state index contributed by atoms with van der Waals surface area (Å²) in [7, 11) is 3.68. The zero-order valence-electron chi connectivity index (χ0n) is 21.1. The monoisotopic (exact) mass is 442 g/mol. The van der Waals surface area contributed by atoms with Gasteiger partial charge in [-0.25, -0.2) is 0 Å². The van der Waals surface area contributed by atoms with Crippen LogP contribution in [0.25, 0.3) is 0 Å². The van der Waals surface area contributed by atoms with E-state index in [0.717, 1.165) is 32.1 Å². The first kappa shape index (κ1) is 29.8. The van der Waals surface area contributed by atoms with Crippen molar-refractivity contribution in [2.24, 2.45) is 0 Å². The van der Waals surface area contributed by atoms with Crippen molar-refractivity contribution in [3.8, 4) is 0 Å². The molecule has 178 valence electrons. The van der Waals surface area contributed by atoms with Crippen molar-refractivity contribution in [1.82, 2.24) is 0 Å². The van der Waals surface area contributed by atoms with Gasteiger partial charge in [-0.3, -0.25) is 4.48 Å². The number of hydrogen-bond acceptors (Lipinski definition) is 2. The molecule has 0 aliphatic heterocycles. The van der Waals surface area contributed by atoms with Crippen LogP contribution in [-0.4, -0.2) is 30.9 Å². The molecule has 30 heavy (non-hydrogen) atoms. The Morgan fingerprint density at radius 2 is 1.10 bits per heavy atom. The fraction of sp³-hybridized carbons (Fsp3) is 0.923. The Morgan fingerprint density at radius 1 is 0.667 bits per heavy atom. The standard InChI is InChI=1S/C26H53NO2P/c1-6-8-9-10-11-12-13-14-15-16-17-18-19-20-21-22-23-25-26(24-7-2,30(28)29)27(3,4)5/h12-13H,6-11,14-25H2,1-5H3/q+1. The van der Waals surface area contributed by atoms with Gasteiger partial charge in [-0.05, 0) is 38.5 Å². The Bertz CT molecular complexity index is 445. The van der Waals surface area contributed by atoms with Gasteiger partial charge < -0.3 is 4.89 Å². The molecule has 3 nitrogen and oxygen atoms in total. The van der Waals surface area contributed by atoms with Crippen LogP contribution >= 0.6 is 8.03 Å². The van der Waals surface area contributed by atoms with E-state index < -0.39 is 13.3 Å². The molecule has 2 unspecified atom stereocenters. The Kier molecular flexibility index (Phi) is 18.2. The summed E-state index contributed by atoms with van der Waals surface area (Å²) in [5.41, 5.74) is 0. The third-order valence-electron chi connectivity index (χ3n) is 6.58. The van der Waals surface area contributed by atoms with Crippen LogP contribution in [0.1, 0.15) is 129 Å². The Balaban J connectivity index is 3.69. The predicted octanol–water partition coefficient (Wildman–Crippen LogP) is 8.11. The van der Waals surface area contributed by atoms with Crippen LogP contribution in [-0.2, 0) is 4.57 Å². The Hall–Kier alpha value is -0.240. The van der Waals surface area contributed by atoms with E-state index in [1.807, 2.05) is 21.1 Å². The summed E-state index contributed by atoms with van der Waals surface area (Å²) in [5.74, 6) is 0. The summed E-state index contributed by atoms with van der Waals surface area (Å²) in [4.78, 5) is 12.1. The van der Waals surface area contributed by atoms with Gasteiger partial charge >= 0.3 is 8.03 Å². The lowest BCUT2D eigenvalue weighted by molar-refractivity contribution is -0.910. The van der Waals surface area contributed by atoms with Crippen LogP contribution in [0.2, 0.25) is 0 Å². The molecule has 0 aromatic rings. The van der Waals surface area contributed by atoms with E-state index >= 15 is 0 Å². The average molecular weight is 443 g/mol. The van der Waals surface area contributed by atoms with E-state index in [0.29, 0.717) is 4.48 Å². The number of rotatable bonds is 21. The molecular weight excluding hydrogens is 389 g/mol. The van der Waals surface area contributed by atoms with Crippen molar-refractivity contribution in [3.05, 3.63) is 12.2 Å². The molecule has 0 N–H and O–H groups in total. The van der Waals surface area contributed by atoms with Gasteiger partial charge in [0.2, 0.25) is 0 Å². The first-order valence-corrected chi connectivity index (χ1v) is 14.1. The number of unbranched alkanes of at least 4 members (excludes halogenated alkanes) is 13. The largest absolute Gasteiger partial charge is 0.590 e. The van der Waals surface area contributed by atoms with Crippen LogP contribution in [0.15, 0.2) is 12.2 Å². The molecule has 0 heterocycles. The second-order valence-electron chi connectivity index (χ2n) is 10.0. The van der Waals surface area contributed by atoms with E-state index in [4.69, 9.17) is 0 Å². The lowest BCUT2D eigenvalue weighted by Gasteiger charge is -2.39. The fourth-order valence-electron chi connectivity index (χ4n) is 4.46. The summed E-state index contributed by atoms with van der Waals surface area (Å²) in [6.07, 6.45) is 26.7. The molecule has 0 aromatic heterocycles. The normalized spacial score (nSPS) is 14.9. The summed E-state index contributed by atoms with van der Waals surface area (Å²) in [6.45, 7) is 4.36. The molecule has 0 aliphatic rings. The van der Waals surface area contributed by atoms with E-state index in [1.165, 1.54) is 83.5 Å². The molecule has 2 atom stereocenters. The van der Waals surface area contributed by atoms with Crippen molar-refractivity contribution < 1.29 is 13.9 Å². The minimum Gasteiger partial charge on any atom is -0.590 e. The first-order chi connectivity index (χ1) is 14.3. The van der Waals surface area contributed by atoms with Crippen molar-refractivity contribution in [2.75, 3.05) is 21.1 Å². The van der Waals surface area contributed by atoms with Gasteiger partial charge in [0.1, 0.15) is 0 Å². The lowest BCUT2D eigenvalue weighted by atomic mass is 9.99. The van der Waals surface area contributed by atoms with Gasteiger partial charge in [-0.1, -0.05) is 94.8 Å². The fourth-order valence-corrected chi connectivity index (χ4v) is 5.69. The minimum absolute atomic E-state index is 0.521. The van der Waals surface area contributed by atoms with E-state index in [9.17, 15) is 9.46 Å². The second-order valence-corrected chi connectivity index (χ2v) is 11.4. The molecule has 0 aromatic carbocycles. The molecule has 0 spiro atoms. The van der Waals surface area contributed by atoms with Gasteiger partial charge in [0.25, 0.3) is 5.28 Å². The lowest BCUT2D eigenvalue weighted by Crippen LogP contribution is -2.55. The predicted molar refractivity (Wildman–Crippen MR) is 132 cm³/mol. The number of nitrogens with zero attached hydrogens (tertiary/aromatic N) is 1. The van der Waals surface area contributed by atoms with Crippen molar-refractivity contribution >= 4 is 8.03 Å². The van der Waals surface area contributed by atoms with Gasteiger partial charge in [0.05, 0.1) is 21.1 Å². The van der Waals surface area contributed by atoms with Crippen molar-refractivity contribution in [1.29, 1.82) is 0 Å². The minimum atomic E-state index is -2.42. The van der Waals surface area contributed by atoms with Crippen LogP contribution in [0.4, 0.5) is 0 Å². The van der Waals surface area contributed by atoms with Crippen LogP contribution in [0, 0.1) is 0 Å². The van der Waals surface area contributed by atoms with Crippen LogP contribution < -0.4 is 4.89 Å². The van der Waals surface area contributed by atoms with Gasteiger partial charge in [-0.2, -0.15) is 0 Å². The molecule has 0 amide bonds. The molecule has 4 heteroatoms. The smallest absolute Gasteiger partial charge is 0.376 e. The highest BCUT2D eigenvalue weighted by atomic mass is 31.1. The molecule has 0 saturated carbocycles. The maximum atomic E-state index is 12.1. The molecule has 0 bridgehead atoms. The van der Waals surface area contributed by atoms with Gasteiger partial charge in [0, 0.05) is 12.8 Å². The maximum Gasteiger partial charge on any atom is 0.376 e. The third-order valence-corrected chi connectivity index (χ3v) is 8.30. The number of quaternary nitrogens is 1. The number of allylic oxidation sites excluding steroid dienone is 2. The van der Waals surface area contributed by atoms with Gasteiger partial charge in [-0.15, -0.1) is 0 Å². The van der Waals surface area contributed by atoms with Crippen LogP contribution in [0.5, 0.6) is 0 Å². The summed E-state index contributed by atoms with van der Waals surface area (Å²) in [5, 5.41) is -0.589. The molecule has 0 fully saturated rings. The highest BCUT2D eigenvalue weighted by molar-refractivity contribution is 7.38. The Morgan fingerprint density at radius 3 is 1.50 bits per heavy atom.